The average Bonchev–Trinajstić information content (AvgIpc) is 3.29. The van der Waals surface area contributed by atoms with Crippen LogP contribution in [0.4, 0.5) is 11.5 Å². The number of benzene rings is 3. The molecule has 0 unspecified atom stereocenters. The molecular weight excluding hydrogens is 432 g/mol. The lowest BCUT2D eigenvalue weighted by Gasteiger charge is -2.35. The van der Waals surface area contributed by atoms with Crippen LogP contribution in [0.2, 0.25) is 0 Å². The zero-order valence-corrected chi connectivity index (χ0v) is 19.7. The maximum absolute atomic E-state index is 13.3. The number of hydrogen-bond donors (Lipinski definition) is 1. The molecule has 0 spiro atoms. The van der Waals surface area contributed by atoms with E-state index in [1.54, 1.807) is 6.20 Å². The topological polar surface area (TPSA) is 48.5 Å². The van der Waals surface area contributed by atoms with Gasteiger partial charge in [-0.15, -0.1) is 0 Å². The van der Waals surface area contributed by atoms with E-state index in [1.807, 2.05) is 24.3 Å². The summed E-state index contributed by atoms with van der Waals surface area (Å²) in [5.41, 5.74) is 7.65. The fourth-order valence-electron chi connectivity index (χ4n) is 5.21. The van der Waals surface area contributed by atoms with Crippen molar-refractivity contribution in [3.63, 3.8) is 0 Å². The molecule has 1 aliphatic heterocycles. The van der Waals surface area contributed by atoms with Crippen LogP contribution in [0.25, 0.3) is 11.1 Å². The maximum Gasteiger partial charge on any atom is 0.255 e. The van der Waals surface area contributed by atoms with Gasteiger partial charge in [-0.05, 0) is 46.4 Å². The van der Waals surface area contributed by atoms with Gasteiger partial charge in [0.25, 0.3) is 5.91 Å². The largest absolute Gasteiger partial charge is 0.354 e. The average molecular weight is 461 g/mol. The third kappa shape index (κ3) is 4.43. The summed E-state index contributed by atoms with van der Waals surface area (Å²) in [5, 5.41) is 3.12. The van der Waals surface area contributed by atoms with Crippen LogP contribution in [0.15, 0.2) is 91.1 Å². The van der Waals surface area contributed by atoms with E-state index in [1.165, 1.54) is 16.7 Å². The van der Waals surface area contributed by atoms with Crippen LogP contribution in [0, 0.1) is 0 Å². The maximum atomic E-state index is 13.3. The second-order valence-electron chi connectivity index (χ2n) is 9.27. The number of hydrogen-bond acceptors (Lipinski definition) is 4. The van der Waals surface area contributed by atoms with Gasteiger partial charge in [0.1, 0.15) is 5.82 Å². The molecule has 0 saturated carbocycles. The number of carbonyl (C=O) groups is 1. The van der Waals surface area contributed by atoms with E-state index in [9.17, 15) is 4.79 Å². The van der Waals surface area contributed by atoms with Gasteiger partial charge < -0.3 is 10.2 Å². The second kappa shape index (κ2) is 9.35. The Morgan fingerprint density at radius 2 is 1.60 bits per heavy atom. The van der Waals surface area contributed by atoms with E-state index in [-0.39, 0.29) is 5.91 Å². The third-order valence-electron chi connectivity index (χ3n) is 7.04. The number of amides is 1. The van der Waals surface area contributed by atoms with E-state index in [0.717, 1.165) is 67.3 Å². The van der Waals surface area contributed by atoms with Gasteiger partial charge in [-0.3, -0.25) is 9.69 Å². The molecule has 2 aliphatic rings. The van der Waals surface area contributed by atoms with Gasteiger partial charge in [-0.2, -0.15) is 0 Å². The minimum atomic E-state index is -0.0699. The summed E-state index contributed by atoms with van der Waals surface area (Å²) in [4.78, 5) is 22.6. The Bertz CT molecular complexity index is 1360. The lowest BCUT2D eigenvalue weighted by molar-refractivity contribution is 0.102. The summed E-state index contributed by atoms with van der Waals surface area (Å²) in [6, 6.07) is 28.9. The quantitative estimate of drug-likeness (QED) is 0.390. The molecule has 1 aliphatic carbocycles. The Morgan fingerprint density at radius 3 is 2.46 bits per heavy atom. The highest BCUT2D eigenvalue weighted by atomic mass is 16.1. The fourth-order valence-corrected chi connectivity index (χ4v) is 5.21. The van der Waals surface area contributed by atoms with Crippen LogP contribution in [0.5, 0.6) is 0 Å². The molecular formula is C30H28N4O. The number of rotatable bonds is 5. The number of pyridine rings is 1. The first-order valence-electron chi connectivity index (χ1n) is 12.2. The first-order chi connectivity index (χ1) is 17.2. The Morgan fingerprint density at radius 1 is 0.829 bits per heavy atom. The van der Waals surface area contributed by atoms with Crippen LogP contribution < -0.4 is 10.2 Å². The molecule has 4 aromatic rings. The Balaban J connectivity index is 1.13. The molecule has 174 valence electrons. The minimum Gasteiger partial charge on any atom is -0.354 e. The van der Waals surface area contributed by atoms with Crippen LogP contribution >= 0.6 is 0 Å². The Kier molecular flexibility index (Phi) is 5.76. The van der Waals surface area contributed by atoms with E-state index in [2.05, 4.69) is 80.8 Å². The zero-order valence-electron chi connectivity index (χ0n) is 19.7. The summed E-state index contributed by atoms with van der Waals surface area (Å²) >= 11 is 0. The molecule has 1 fully saturated rings. The van der Waals surface area contributed by atoms with Crippen molar-refractivity contribution in [2.75, 3.05) is 36.4 Å². The van der Waals surface area contributed by atoms with Gasteiger partial charge in [-0.1, -0.05) is 66.7 Å². The van der Waals surface area contributed by atoms with Crippen molar-refractivity contribution in [1.29, 1.82) is 0 Å². The van der Waals surface area contributed by atoms with Crippen molar-refractivity contribution in [3.05, 3.63) is 113 Å². The summed E-state index contributed by atoms with van der Waals surface area (Å²) in [7, 11) is 0. The van der Waals surface area contributed by atoms with Gasteiger partial charge in [0.05, 0.1) is 0 Å². The second-order valence-corrected chi connectivity index (χ2v) is 9.27. The minimum absolute atomic E-state index is 0.0699. The summed E-state index contributed by atoms with van der Waals surface area (Å²) in [6.07, 6.45) is 2.58. The highest BCUT2D eigenvalue weighted by Crippen LogP contribution is 2.38. The molecule has 1 amide bonds. The van der Waals surface area contributed by atoms with Crippen LogP contribution in [0.3, 0.4) is 0 Å². The van der Waals surface area contributed by atoms with Gasteiger partial charge in [0.15, 0.2) is 0 Å². The highest BCUT2D eigenvalue weighted by molar-refractivity contribution is 6.07. The van der Waals surface area contributed by atoms with Crippen molar-refractivity contribution in [3.8, 4) is 11.1 Å². The van der Waals surface area contributed by atoms with Crippen molar-refractivity contribution in [2.24, 2.45) is 0 Å². The first-order valence-corrected chi connectivity index (χ1v) is 12.2. The Labute approximate surface area is 206 Å². The molecule has 5 nitrogen and oxygen atoms in total. The molecule has 3 aromatic carbocycles. The molecule has 0 atom stereocenters. The van der Waals surface area contributed by atoms with Crippen molar-refractivity contribution in [2.45, 2.75) is 13.0 Å². The molecule has 1 saturated heterocycles. The normalized spacial score (nSPS) is 14.9. The smallest absolute Gasteiger partial charge is 0.255 e. The van der Waals surface area contributed by atoms with E-state index in [0.29, 0.717) is 0 Å². The van der Waals surface area contributed by atoms with Crippen molar-refractivity contribution >= 4 is 17.4 Å². The standard InChI is InChI=1S/C30H28N4O/c35-30(27-12-6-11-26-25-10-5-4-9-23(25)19-28(26)27)32-24-13-14-31-29(20-24)34-17-15-33(16-18-34)21-22-7-2-1-3-8-22/h1-14,20H,15-19,21H2,(H,31,32,35). The lowest BCUT2D eigenvalue weighted by Crippen LogP contribution is -2.46. The molecule has 0 radical (unpaired) electrons. The van der Waals surface area contributed by atoms with Crippen LogP contribution in [-0.4, -0.2) is 42.0 Å². The number of fused-ring (bicyclic) bond motifs is 3. The van der Waals surface area contributed by atoms with E-state index in [4.69, 9.17) is 0 Å². The number of anilines is 2. The Hall–Kier alpha value is -3.96. The molecule has 2 heterocycles. The van der Waals surface area contributed by atoms with Crippen molar-refractivity contribution in [1.82, 2.24) is 9.88 Å². The predicted molar refractivity (Wildman–Crippen MR) is 141 cm³/mol. The van der Waals surface area contributed by atoms with Gasteiger partial charge in [0, 0.05) is 56.2 Å². The molecule has 1 aromatic heterocycles. The fraction of sp³-hybridized carbons (Fsp3) is 0.200. The van der Waals surface area contributed by atoms with E-state index >= 15 is 0 Å². The van der Waals surface area contributed by atoms with Crippen LogP contribution in [0.1, 0.15) is 27.0 Å². The number of nitrogens with zero attached hydrogens (tertiary/aromatic N) is 3. The monoisotopic (exact) mass is 460 g/mol. The molecule has 5 heteroatoms. The zero-order chi connectivity index (χ0) is 23.6. The lowest BCUT2D eigenvalue weighted by atomic mass is 10.0. The molecule has 35 heavy (non-hydrogen) atoms. The summed E-state index contributed by atoms with van der Waals surface area (Å²) < 4.78 is 0. The first kappa shape index (κ1) is 21.6. The van der Waals surface area contributed by atoms with Crippen LogP contribution in [-0.2, 0) is 13.0 Å². The van der Waals surface area contributed by atoms with Gasteiger partial charge in [0.2, 0.25) is 0 Å². The SMILES string of the molecule is O=C(Nc1ccnc(N2CCN(Cc3ccccc3)CC2)c1)c1cccc2c1Cc1ccccc1-2. The number of piperazine rings is 1. The third-order valence-corrected chi connectivity index (χ3v) is 7.04. The van der Waals surface area contributed by atoms with Gasteiger partial charge >= 0.3 is 0 Å². The molecule has 1 N–H and O–H groups in total. The predicted octanol–water partition coefficient (Wildman–Crippen LogP) is 5.23. The number of aromatic nitrogens is 1. The highest BCUT2D eigenvalue weighted by Gasteiger charge is 2.24. The van der Waals surface area contributed by atoms with Crippen molar-refractivity contribution < 1.29 is 4.79 Å². The van der Waals surface area contributed by atoms with E-state index < -0.39 is 0 Å². The van der Waals surface area contributed by atoms with Gasteiger partial charge in [-0.25, -0.2) is 4.98 Å². The molecule has 0 bridgehead atoms. The summed E-state index contributed by atoms with van der Waals surface area (Å²) in [6.45, 7) is 4.79. The summed E-state index contributed by atoms with van der Waals surface area (Å²) in [5.74, 6) is 0.840. The number of carbonyl (C=O) groups excluding carboxylic acids is 1. The molecule has 6 rings (SSSR count). The number of nitrogens with one attached hydrogen (secondary N) is 1.